The van der Waals surface area contributed by atoms with Gasteiger partial charge in [-0.2, -0.15) is 0 Å². The van der Waals surface area contributed by atoms with Gasteiger partial charge >= 0.3 is 0 Å². The number of likely N-dealkylation sites (N-methyl/N-ethyl adjacent to an activating group) is 1. The molecule has 0 heterocycles. The van der Waals surface area contributed by atoms with E-state index in [1.165, 1.54) is 37.7 Å². The van der Waals surface area contributed by atoms with Crippen molar-refractivity contribution in [3.63, 3.8) is 0 Å². The van der Waals surface area contributed by atoms with Gasteiger partial charge < -0.3 is 5.32 Å². The molecule has 2 atom stereocenters. The van der Waals surface area contributed by atoms with Gasteiger partial charge in [0, 0.05) is 6.04 Å². The quantitative estimate of drug-likeness (QED) is 0.746. The van der Waals surface area contributed by atoms with E-state index in [1.54, 1.807) is 5.56 Å². The maximum absolute atomic E-state index is 3.52. The average Bonchev–Trinajstić information content (AvgIpc) is 2.54. The first-order valence-corrected chi connectivity index (χ1v) is 6.55. The Bertz CT molecular complexity index is 332. The second-order valence-electron chi connectivity index (χ2n) is 5.00. The fourth-order valence-corrected chi connectivity index (χ4v) is 3.03. The number of benzene rings is 1. The number of rotatable bonds is 2. The molecule has 1 aromatic carbocycles. The van der Waals surface area contributed by atoms with Gasteiger partial charge in [-0.05, 0) is 43.9 Å². The highest BCUT2D eigenvalue weighted by molar-refractivity contribution is 5.30. The summed E-state index contributed by atoms with van der Waals surface area (Å²) < 4.78 is 0. The van der Waals surface area contributed by atoms with Crippen molar-refractivity contribution in [2.75, 3.05) is 7.05 Å². The summed E-state index contributed by atoms with van der Waals surface area (Å²) in [6.45, 7) is 2.24. The molecule has 0 radical (unpaired) electrons. The lowest BCUT2D eigenvalue weighted by Gasteiger charge is -2.26. The van der Waals surface area contributed by atoms with Crippen LogP contribution in [0, 0.1) is 6.92 Å². The van der Waals surface area contributed by atoms with E-state index >= 15 is 0 Å². The molecule has 1 aromatic rings. The number of hydrogen-bond acceptors (Lipinski definition) is 1. The average molecular weight is 217 g/mol. The lowest BCUT2D eigenvalue weighted by atomic mass is 9.85. The second kappa shape index (κ2) is 5.49. The van der Waals surface area contributed by atoms with E-state index < -0.39 is 0 Å². The molecule has 0 saturated heterocycles. The van der Waals surface area contributed by atoms with Crippen LogP contribution in [0.3, 0.4) is 0 Å². The minimum Gasteiger partial charge on any atom is -0.316 e. The van der Waals surface area contributed by atoms with Crippen LogP contribution in [0.15, 0.2) is 24.3 Å². The Morgan fingerprint density at radius 3 is 2.56 bits per heavy atom. The standard InChI is InChI=1S/C15H23N/c1-12-8-6-7-9-13(12)14-10-4-3-5-11-15(14)16-2/h6-9,14-16H,3-5,10-11H2,1-2H3. The molecule has 2 unspecified atom stereocenters. The van der Waals surface area contributed by atoms with Gasteiger partial charge in [-0.3, -0.25) is 0 Å². The van der Waals surface area contributed by atoms with Gasteiger partial charge in [0.25, 0.3) is 0 Å². The molecule has 1 nitrogen and oxygen atoms in total. The van der Waals surface area contributed by atoms with E-state index in [-0.39, 0.29) is 0 Å². The summed E-state index contributed by atoms with van der Waals surface area (Å²) in [4.78, 5) is 0. The summed E-state index contributed by atoms with van der Waals surface area (Å²) in [5, 5.41) is 3.52. The van der Waals surface area contributed by atoms with Crippen LogP contribution in [0.2, 0.25) is 0 Å². The van der Waals surface area contributed by atoms with Crippen molar-refractivity contribution >= 4 is 0 Å². The highest BCUT2D eigenvalue weighted by Gasteiger charge is 2.24. The third kappa shape index (κ3) is 2.46. The van der Waals surface area contributed by atoms with Crippen LogP contribution in [-0.2, 0) is 0 Å². The fourth-order valence-electron chi connectivity index (χ4n) is 3.03. The Morgan fingerprint density at radius 2 is 1.81 bits per heavy atom. The minimum absolute atomic E-state index is 0.670. The highest BCUT2D eigenvalue weighted by Crippen LogP contribution is 2.33. The zero-order valence-corrected chi connectivity index (χ0v) is 10.5. The number of hydrogen-bond donors (Lipinski definition) is 1. The van der Waals surface area contributed by atoms with E-state index in [9.17, 15) is 0 Å². The summed E-state index contributed by atoms with van der Waals surface area (Å²) in [5.74, 6) is 0.716. The van der Waals surface area contributed by atoms with Crippen LogP contribution in [0.4, 0.5) is 0 Å². The van der Waals surface area contributed by atoms with Crippen molar-refractivity contribution in [1.82, 2.24) is 5.32 Å². The van der Waals surface area contributed by atoms with Gasteiger partial charge in [0.15, 0.2) is 0 Å². The van der Waals surface area contributed by atoms with Crippen molar-refractivity contribution in [3.05, 3.63) is 35.4 Å². The van der Waals surface area contributed by atoms with Crippen molar-refractivity contribution in [1.29, 1.82) is 0 Å². The van der Waals surface area contributed by atoms with Gasteiger partial charge in [-0.1, -0.05) is 43.5 Å². The first kappa shape index (κ1) is 11.7. The van der Waals surface area contributed by atoms with E-state index in [4.69, 9.17) is 0 Å². The molecule has 1 aliphatic rings. The Labute approximate surface area is 99.3 Å². The van der Waals surface area contributed by atoms with Crippen molar-refractivity contribution in [2.45, 2.75) is 51.0 Å². The van der Waals surface area contributed by atoms with E-state index in [0.717, 1.165) is 0 Å². The second-order valence-corrected chi connectivity index (χ2v) is 5.00. The summed E-state index contributed by atoms with van der Waals surface area (Å²) in [6, 6.07) is 9.55. The first-order chi connectivity index (χ1) is 7.83. The molecule has 0 spiro atoms. The monoisotopic (exact) mass is 217 g/mol. The SMILES string of the molecule is CNC1CCCCCC1c1ccccc1C. The molecule has 1 fully saturated rings. The van der Waals surface area contributed by atoms with Gasteiger partial charge in [-0.25, -0.2) is 0 Å². The molecule has 1 heteroatoms. The molecule has 88 valence electrons. The Morgan fingerprint density at radius 1 is 1.06 bits per heavy atom. The molecule has 16 heavy (non-hydrogen) atoms. The van der Waals surface area contributed by atoms with Gasteiger partial charge in [0.1, 0.15) is 0 Å². The normalized spacial score (nSPS) is 26.4. The van der Waals surface area contributed by atoms with Crippen LogP contribution >= 0.6 is 0 Å². The smallest absolute Gasteiger partial charge is 0.0133 e. The van der Waals surface area contributed by atoms with Gasteiger partial charge in [0.2, 0.25) is 0 Å². The topological polar surface area (TPSA) is 12.0 Å². The van der Waals surface area contributed by atoms with Crippen LogP contribution in [-0.4, -0.2) is 13.1 Å². The summed E-state index contributed by atoms with van der Waals surface area (Å²) >= 11 is 0. The Balaban J connectivity index is 2.25. The Hall–Kier alpha value is -0.820. The zero-order valence-electron chi connectivity index (χ0n) is 10.5. The summed E-state index contributed by atoms with van der Waals surface area (Å²) in [5.41, 5.74) is 3.01. The molecule has 0 aliphatic heterocycles. The van der Waals surface area contributed by atoms with E-state index in [2.05, 4.69) is 43.6 Å². The highest BCUT2D eigenvalue weighted by atomic mass is 14.9. The fraction of sp³-hybridized carbons (Fsp3) is 0.600. The van der Waals surface area contributed by atoms with Gasteiger partial charge in [0.05, 0.1) is 0 Å². The molecule has 1 aliphatic carbocycles. The van der Waals surface area contributed by atoms with E-state index in [0.29, 0.717) is 12.0 Å². The van der Waals surface area contributed by atoms with Crippen molar-refractivity contribution in [2.24, 2.45) is 0 Å². The van der Waals surface area contributed by atoms with Crippen LogP contribution in [0.1, 0.15) is 49.1 Å². The lowest BCUT2D eigenvalue weighted by Crippen LogP contribution is -2.31. The van der Waals surface area contributed by atoms with Crippen LogP contribution in [0.25, 0.3) is 0 Å². The molecular weight excluding hydrogens is 194 g/mol. The number of aryl methyl sites for hydroxylation is 1. The minimum atomic E-state index is 0.670. The van der Waals surface area contributed by atoms with E-state index in [1.807, 2.05) is 0 Å². The molecule has 1 N–H and O–H groups in total. The van der Waals surface area contributed by atoms with Crippen molar-refractivity contribution in [3.8, 4) is 0 Å². The van der Waals surface area contributed by atoms with Crippen molar-refractivity contribution < 1.29 is 0 Å². The molecule has 0 bridgehead atoms. The Kier molecular flexibility index (Phi) is 4.00. The third-order valence-corrected chi connectivity index (χ3v) is 3.97. The third-order valence-electron chi connectivity index (χ3n) is 3.97. The summed E-state index contributed by atoms with van der Waals surface area (Å²) in [7, 11) is 2.11. The molecule has 0 amide bonds. The van der Waals surface area contributed by atoms with Crippen LogP contribution < -0.4 is 5.32 Å². The predicted molar refractivity (Wildman–Crippen MR) is 69.9 cm³/mol. The lowest BCUT2D eigenvalue weighted by molar-refractivity contribution is 0.438. The maximum Gasteiger partial charge on any atom is 0.0133 e. The first-order valence-electron chi connectivity index (χ1n) is 6.55. The molecule has 2 rings (SSSR count). The zero-order chi connectivity index (χ0) is 11.4. The molecule has 0 aromatic heterocycles. The summed E-state index contributed by atoms with van der Waals surface area (Å²) in [6.07, 6.45) is 6.84. The molecule has 1 saturated carbocycles. The molecular formula is C15H23N. The van der Waals surface area contributed by atoms with Gasteiger partial charge in [-0.15, -0.1) is 0 Å². The largest absolute Gasteiger partial charge is 0.316 e. The van der Waals surface area contributed by atoms with Crippen LogP contribution in [0.5, 0.6) is 0 Å². The maximum atomic E-state index is 3.52. The predicted octanol–water partition coefficient (Wildman–Crippen LogP) is 3.63. The number of nitrogens with one attached hydrogen (secondary N) is 1.